The van der Waals surface area contributed by atoms with Crippen molar-refractivity contribution in [3.63, 3.8) is 0 Å². The van der Waals surface area contributed by atoms with Gasteiger partial charge in [0.2, 0.25) is 0 Å². The zero-order chi connectivity index (χ0) is 14.2. The Morgan fingerprint density at radius 1 is 1.37 bits per heavy atom. The Balaban J connectivity index is 2.23. The van der Waals surface area contributed by atoms with Crippen LogP contribution in [-0.2, 0) is 4.79 Å². The fourth-order valence-corrected chi connectivity index (χ4v) is 2.02. The third kappa shape index (κ3) is 2.28. The number of amides is 1. The highest BCUT2D eigenvalue weighted by Gasteiger charge is 2.43. The molecule has 7 heteroatoms. The molecule has 1 heterocycles. The van der Waals surface area contributed by atoms with Crippen molar-refractivity contribution >= 4 is 11.9 Å². The van der Waals surface area contributed by atoms with Crippen LogP contribution in [0.15, 0.2) is 18.2 Å². The van der Waals surface area contributed by atoms with Crippen molar-refractivity contribution in [3.8, 4) is 0 Å². The van der Waals surface area contributed by atoms with Crippen molar-refractivity contribution in [1.29, 1.82) is 0 Å². The summed E-state index contributed by atoms with van der Waals surface area (Å²) in [7, 11) is 0. The van der Waals surface area contributed by atoms with E-state index in [4.69, 9.17) is 10.8 Å². The first-order chi connectivity index (χ1) is 8.85. The van der Waals surface area contributed by atoms with E-state index in [0.29, 0.717) is 0 Å². The van der Waals surface area contributed by atoms with Gasteiger partial charge in [-0.25, -0.2) is 8.78 Å². The molecule has 1 unspecified atom stereocenters. The molecule has 1 amide bonds. The van der Waals surface area contributed by atoms with Crippen LogP contribution in [0.25, 0.3) is 0 Å². The summed E-state index contributed by atoms with van der Waals surface area (Å²) in [6.45, 7) is -0.130. The van der Waals surface area contributed by atoms with E-state index in [2.05, 4.69) is 0 Å². The zero-order valence-electron chi connectivity index (χ0n) is 9.90. The Hall–Kier alpha value is -2.02. The average Bonchev–Trinajstić information content (AvgIpc) is 2.76. The molecule has 1 saturated heterocycles. The molecule has 1 atom stereocenters. The molecule has 1 aliphatic heterocycles. The zero-order valence-corrected chi connectivity index (χ0v) is 9.90. The summed E-state index contributed by atoms with van der Waals surface area (Å²) in [4.78, 5) is 24.1. The summed E-state index contributed by atoms with van der Waals surface area (Å²) in [5, 5.41) is 8.94. The molecule has 3 N–H and O–H groups in total. The molecule has 0 radical (unpaired) electrons. The van der Waals surface area contributed by atoms with Crippen LogP contribution in [-0.4, -0.2) is 40.5 Å². The number of likely N-dealkylation sites (tertiary alicyclic amines) is 1. The normalized spacial score (nSPS) is 22.6. The van der Waals surface area contributed by atoms with E-state index in [0.717, 1.165) is 17.0 Å². The molecular weight excluding hydrogens is 258 g/mol. The lowest BCUT2D eigenvalue weighted by Gasteiger charge is -2.20. The first kappa shape index (κ1) is 13.4. The van der Waals surface area contributed by atoms with Crippen molar-refractivity contribution in [1.82, 2.24) is 4.90 Å². The highest BCUT2D eigenvalue weighted by atomic mass is 19.2. The number of nitrogens with two attached hydrogens (primary N) is 1. The van der Waals surface area contributed by atoms with Crippen LogP contribution >= 0.6 is 0 Å². The van der Waals surface area contributed by atoms with E-state index in [1.165, 1.54) is 6.07 Å². The molecule has 19 heavy (non-hydrogen) atoms. The first-order valence-corrected chi connectivity index (χ1v) is 5.61. The number of rotatable bonds is 2. The van der Waals surface area contributed by atoms with Crippen LogP contribution < -0.4 is 5.73 Å². The van der Waals surface area contributed by atoms with E-state index in [9.17, 15) is 18.4 Å². The van der Waals surface area contributed by atoms with Gasteiger partial charge in [0.1, 0.15) is 5.54 Å². The molecule has 5 nitrogen and oxygen atoms in total. The van der Waals surface area contributed by atoms with Crippen molar-refractivity contribution in [2.45, 2.75) is 12.0 Å². The van der Waals surface area contributed by atoms with Crippen molar-refractivity contribution in [2.75, 3.05) is 13.1 Å². The predicted octanol–water partition coefficient (Wildman–Crippen LogP) is 0.593. The van der Waals surface area contributed by atoms with Gasteiger partial charge in [-0.15, -0.1) is 0 Å². The molecule has 0 saturated carbocycles. The number of carboxylic acid groups (broad SMARTS) is 1. The van der Waals surface area contributed by atoms with Crippen molar-refractivity contribution in [2.24, 2.45) is 5.73 Å². The molecule has 2 rings (SSSR count). The number of hydrogen-bond acceptors (Lipinski definition) is 3. The Kier molecular flexibility index (Phi) is 3.23. The van der Waals surface area contributed by atoms with E-state index in [1.807, 2.05) is 0 Å². The summed E-state index contributed by atoms with van der Waals surface area (Å²) in [5.41, 5.74) is 3.66. The molecule has 1 aromatic rings. The molecule has 0 bridgehead atoms. The van der Waals surface area contributed by atoms with Crippen LogP contribution in [0.4, 0.5) is 8.78 Å². The minimum absolute atomic E-state index is 0.0744. The number of benzene rings is 1. The smallest absolute Gasteiger partial charge is 0.325 e. The van der Waals surface area contributed by atoms with Crippen LogP contribution in [0, 0.1) is 11.6 Å². The molecule has 1 aliphatic rings. The summed E-state index contributed by atoms with van der Waals surface area (Å²) in [6.07, 6.45) is 0.0744. The third-order valence-electron chi connectivity index (χ3n) is 3.20. The molecular formula is C12H12F2N2O3. The Bertz CT molecular complexity index is 550. The Morgan fingerprint density at radius 2 is 2.05 bits per heavy atom. The van der Waals surface area contributed by atoms with Gasteiger partial charge in [0.15, 0.2) is 11.6 Å². The topological polar surface area (TPSA) is 83.6 Å². The van der Waals surface area contributed by atoms with E-state index < -0.39 is 34.6 Å². The van der Waals surface area contributed by atoms with Gasteiger partial charge in [-0.2, -0.15) is 0 Å². The highest BCUT2D eigenvalue weighted by Crippen LogP contribution is 2.22. The minimum atomic E-state index is -1.53. The lowest BCUT2D eigenvalue weighted by Crippen LogP contribution is -2.50. The SMILES string of the molecule is NC1(C(=O)O)CCN(C(=O)c2cccc(F)c2F)C1. The van der Waals surface area contributed by atoms with Gasteiger partial charge in [0.25, 0.3) is 5.91 Å². The maximum Gasteiger partial charge on any atom is 0.325 e. The standard InChI is InChI=1S/C12H12F2N2O3/c13-8-3-1-2-7(9(8)14)10(17)16-5-4-12(15,6-16)11(18)19/h1-3H,4-6,15H2,(H,18,19). The van der Waals surface area contributed by atoms with Crippen LogP contribution in [0.3, 0.4) is 0 Å². The quantitative estimate of drug-likeness (QED) is 0.824. The summed E-state index contributed by atoms with van der Waals surface area (Å²) in [5.74, 6) is -4.34. The number of carbonyl (C=O) groups excluding carboxylic acids is 1. The lowest BCUT2D eigenvalue weighted by atomic mass is 10.0. The van der Waals surface area contributed by atoms with E-state index in [1.54, 1.807) is 0 Å². The fraction of sp³-hybridized carbons (Fsp3) is 0.333. The molecule has 0 aromatic heterocycles. The molecule has 1 fully saturated rings. The fourth-order valence-electron chi connectivity index (χ4n) is 2.02. The number of nitrogens with zero attached hydrogens (tertiary/aromatic N) is 1. The predicted molar refractivity (Wildman–Crippen MR) is 61.4 cm³/mol. The van der Waals surface area contributed by atoms with Gasteiger partial charge in [0, 0.05) is 13.1 Å². The van der Waals surface area contributed by atoms with E-state index >= 15 is 0 Å². The maximum absolute atomic E-state index is 13.5. The number of aliphatic carboxylic acids is 1. The summed E-state index contributed by atoms with van der Waals surface area (Å²) in [6, 6.07) is 3.27. The molecule has 102 valence electrons. The van der Waals surface area contributed by atoms with E-state index in [-0.39, 0.29) is 19.5 Å². The van der Waals surface area contributed by atoms with Gasteiger partial charge < -0.3 is 15.7 Å². The second kappa shape index (κ2) is 4.58. The van der Waals surface area contributed by atoms with Gasteiger partial charge in [-0.05, 0) is 18.6 Å². The summed E-state index contributed by atoms with van der Waals surface area (Å²) < 4.78 is 26.5. The second-order valence-electron chi connectivity index (χ2n) is 4.54. The van der Waals surface area contributed by atoms with Gasteiger partial charge >= 0.3 is 5.97 Å². The van der Waals surface area contributed by atoms with Crippen LogP contribution in [0.5, 0.6) is 0 Å². The van der Waals surface area contributed by atoms with Crippen molar-refractivity contribution < 1.29 is 23.5 Å². The monoisotopic (exact) mass is 270 g/mol. The second-order valence-corrected chi connectivity index (χ2v) is 4.54. The Labute approximate surface area is 107 Å². The lowest BCUT2D eigenvalue weighted by molar-refractivity contribution is -0.142. The third-order valence-corrected chi connectivity index (χ3v) is 3.20. The number of carboxylic acids is 1. The molecule has 0 aliphatic carbocycles. The van der Waals surface area contributed by atoms with Crippen LogP contribution in [0.1, 0.15) is 16.8 Å². The minimum Gasteiger partial charge on any atom is -0.480 e. The van der Waals surface area contributed by atoms with Gasteiger partial charge in [-0.1, -0.05) is 6.07 Å². The number of halogens is 2. The molecule has 0 spiro atoms. The maximum atomic E-state index is 13.5. The number of hydrogen-bond donors (Lipinski definition) is 2. The largest absolute Gasteiger partial charge is 0.480 e. The van der Waals surface area contributed by atoms with Crippen molar-refractivity contribution in [3.05, 3.63) is 35.4 Å². The van der Waals surface area contributed by atoms with Gasteiger partial charge in [-0.3, -0.25) is 9.59 Å². The number of carbonyl (C=O) groups is 2. The highest BCUT2D eigenvalue weighted by molar-refractivity contribution is 5.95. The Morgan fingerprint density at radius 3 is 2.63 bits per heavy atom. The van der Waals surface area contributed by atoms with Crippen LogP contribution in [0.2, 0.25) is 0 Å². The van der Waals surface area contributed by atoms with Gasteiger partial charge in [0.05, 0.1) is 5.56 Å². The first-order valence-electron chi connectivity index (χ1n) is 5.61. The average molecular weight is 270 g/mol. The summed E-state index contributed by atoms with van der Waals surface area (Å²) >= 11 is 0. The molecule has 1 aromatic carbocycles.